The molecule has 2 aromatic rings. The summed E-state index contributed by atoms with van der Waals surface area (Å²) in [7, 11) is 0. The van der Waals surface area contributed by atoms with Gasteiger partial charge in [-0.2, -0.15) is 0 Å². The van der Waals surface area contributed by atoms with E-state index in [0.717, 1.165) is 0 Å². The fraction of sp³-hybridized carbons (Fsp3) is 0.143. The molecule has 0 aliphatic rings. The largest absolute Gasteiger partial charge is 0.381 e. The van der Waals surface area contributed by atoms with Crippen molar-refractivity contribution in [1.82, 2.24) is 0 Å². The monoisotopic (exact) mass is 203 g/mol. The third kappa shape index (κ3) is 1.92. The normalized spacial score (nSPS) is 19.2. The Bertz CT molecular complexity index is 623. The Labute approximate surface area is 97.0 Å². The van der Waals surface area contributed by atoms with Crippen molar-refractivity contribution in [2.45, 2.75) is 12.5 Å². The lowest BCUT2D eigenvalue weighted by atomic mass is 9.88. The molecule has 1 N–H and O–H groups in total. The summed E-state index contributed by atoms with van der Waals surface area (Å²) < 4.78 is 38.7. The molecular weight excluding hydrogens is 184 g/mol. The van der Waals surface area contributed by atoms with Crippen molar-refractivity contribution in [3.05, 3.63) is 71.7 Å². The lowest BCUT2D eigenvalue weighted by Crippen LogP contribution is -2.22. The summed E-state index contributed by atoms with van der Waals surface area (Å²) >= 11 is 0. The van der Waals surface area contributed by atoms with Crippen LogP contribution >= 0.6 is 0 Å². The minimum absolute atomic E-state index is 0.116. The van der Waals surface area contributed by atoms with Gasteiger partial charge in [-0.15, -0.1) is 0 Å². The summed E-state index contributed by atoms with van der Waals surface area (Å²) in [4.78, 5) is 0. The topological polar surface area (TPSA) is 20.2 Å². The van der Waals surface area contributed by atoms with Gasteiger partial charge in [-0.05, 0) is 18.1 Å². The maximum Gasteiger partial charge on any atom is 0.112 e. The Morgan fingerprint density at radius 1 is 1.00 bits per heavy atom. The molecule has 0 aliphatic heterocycles. The van der Waals surface area contributed by atoms with Crippen molar-refractivity contribution in [2.75, 3.05) is 0 Å². The van der Waals surface area contributed by atoms with Gasteiger partial charge in [-0.1, -0.05) is 60.5 Å². The van der Waals surface area contributed by atoms with E-state index in [-0.39, 0.29) is 17.6 Å². The van der Waals surface area contributed by atoms with Crippen LogP contribution < -0.4 is 0 Å². The summed E-state index contributed by atoms with van der Waals surface area (Å²) in [5, 5.41) is 10.7. The van der Waals surface area contributed by atoms with Crippen LogP contribution in [-0.4, -0.2) is 5.11 Å². The van der Waals surface area contributed by atoms with E-state index in [0.29, 0.717) is 5.56 Å². The van der Waals surface area contributed by atoms with Crippen LogP contribution in [0.2, 0.25) is 0 Å². The van der Waals surface area contributed by atoms with Crippen molar-refractivity contribution in [3.63, 3.8) is 0 Å². The lowest BCUT2D eigenvalue weighted by Gasteiger charge is -2.24. The third-order valence-electron chi connectivity index (χ3n) is 2.32. The highest BCUT2D eigenvalue weighted by Crippen LogP contribution is 2.28. The second-order valence-corrected chi connectivity index (χ2v) is 3.44. The maximum absolute atomic E-state index is 10.7. The summed E-state index contributed by atoms with van der Waals surface area (Å²) in [5.74, 6) is 0. The molecule has 0 saturated heterocycles. The van der Waals surface area contributed by atoms with E-state index in [1.807, 2.05) is 0 Å². The van der Waals surface area contributed by atoms with Crippen molar-refractivity contribution < 1.29 is 12.0 Å². The van der Waals surface area contributed by atoms with E-state index in [1.165, 1.54) is 6.92 Å². The van der Waals surface area contributed by atoms with Gasteiger partial charge in [0.1, 0.15) is 5.60 Å². The summed E-state index contributed by atoms with van der Waals surface area (Å²) in [6.07, 6.45) is 0. The van der Waals surface area contributed by atoms with Gasteiger partial charge in [0, 0.05) is 0 Å². The Hall–Kier alpha value is -1.60. The molecule has 76 valence electrons. The highest BCUT2D eigenvalue weighted by molar-refractivity contribution is 5.34. The molecule has 2 aromatic carbocycles. The molecule has 0 bridgehead atoms. The summed E-state index contributed by atoms with van der Waals surface area (Å²) in [6, 6.07) is 6.40. The fourth-order valence-corrected chi connectivity index (χ4v) is 1.40. The maximum atomic E-state index is 10.7. The molecule has 1 unspecified atom stereocenters. The van der Waals surface area contributed by atoms with Gasteiger partial charge in [0.15, 0.2) is 0 Å². The molecule has 1 heteroatoms. The number of hydrogen-bond donors (Lipinski definition) is 1. The van der Waals surface area contributed by atoms with Crippen molar-refractivity contribution >= 4 is 0 Å². The van der Waals surface area contributed by atoms with Crippen LogP contribution in [0, 0.1) is 0 Å². The number of aliphatic hydroxyl groups is 1. The zero-order chi connectivity index (χ0) is 15.1. The molecule has 15 heavy (non-hydrogen) atoms. The molecule has 0 spiro atoms. The number of rotatable bonds is 2. The Morgan fingerprint density at radius 2 is 1.60 bits per heavy atom. The zero-order valence-corrected chi connectivity index (χ0v) is 8.33. The quantitative estimate of drug-likeness (QED) is 0.795. The van der Waals surface area contributed by atoms with Crippen molar-refractivity contribution in [3.8, 4) is 0 Å². The lowest BCUT2D eigenvalue weighted by molar-refractivity contribution is 0.102. The molecule has 0 heterocycles. The van der Waals surface area contributed by atoms with Gasteiger partial charge in [0.2, 0.25) is 0 Å². The minimum Gasteiger partial charge on any atom is -0.381 e. The molecule has 0 radical (unpaired) electrons. The fourth-order valence-electron chi connectivity index (χ4n) is 1.40. The van der Waals surface area contributed by atoms with E-state index in [4.69, 9.17) is 6.85 Å². The molecule has 0 amide bonds. The van der Waals surface area contributed by atoms with E-state index in [1.54, 1.807) is 30.3 Å². The molecule has 0 aliphatic carbocycles. The molecule has 0 saturated carbocycles. The van der Waals surface area contributed by atoms with Gasteiger partial charge in [0.05, 0.1) is 6.85 Å². The SMILES string of the molecule is [2H]c1c([2H])c([2H])c(C(C)(O)c2ccccc2)c([2H])c1[2H]. The first kappa shape index (κ1) is 5.47. The molecule has 2 rings (SSSR count). The third-order valence-corrected chi connectivity index (χ3v) is 2.32. The van der Waals surface area contributed by atoms with E-state index in [2.05, 4.69) is 0 Å². The van der Waals surface area contributed by atoms with Gasteiger partial charge < -0.3 is 5.11 Å². The standard InChI is InChI=1S/C14H14O/c1-14(15,12-8-4-2-5-9-12)13-10-6-3-7-11-13/h2-11,15H,1H3/i2D,4D,5D,8D,9D. The van der Waals surface area contributed by atoms with Crippen LogP contribution in [-0.2, 0) is 5.60 Å². The van der Waals surface area contributed by atoms with Crippen LogP contribution in [0.1, 0.15) is 24.9 Å². The van der Waals surface area contributed by atoms with Crippen molar-refractivity contribution in [1.29, 1.82) is 0 Å². The predicted molar refractivity (Wildman–Crippen MR) is 61.6 cm³/mol. The first-order chi connectivity index (χ1) is 9.28. The second-order valence-electron chi connectivity index (χ2n) is 3.44. The smallest absolute Gasteiger partial charge is 0.112 e. The number of hydrogen-bond acceptors (Lipinski definition) is 1. The highest BCUT2D eigenvalue weighted by atomic mass is 16.3. The minimum atomic E-state index is -1.66. The highest BCUT2D eigenvalue weighted by Gasteiger charge is 2.24. The first-order valence-corrected chi connectivity index (χ1v) is 4.63. The van der Waals surface area contributed by atoms with Crippen molar-refractivity contribution in [2.24, 2.45) is 0 Å². The number of benzene rings is 2. The molecular formula is C14H14O. The van der Waals surface area contributed by atoms with Gasteiger partial charge in [-0.3, -0.25) is 0 Å². The van der Waals surface area contributed by atoms with Crippen LogP contribution in [0.4, 0.5) is 0 Å². The Kier molecular flexibility index (Phi) is 1.41. The van der Waals surface area contributed by atoms with Crippen LogP contribution in [0.25, 0.3) is 0 Å². The Morgan fingerprint density at radius 3 is 2.20 bits per heavy atom. The average Bonchev–Trinajstić information content (AvgIpc) is 2.44. The average molecular weight is 203 g/mol. The molecule has 1 nitrogen and oxygen atoms in total. The Balaban J connectivity index is 2.76. The molecule has 0 fully saturated rings. The van der Waals surface area contributed by atoms with Crippen LogP contribution in [0.15, 0.2) is 60.5 Å². The molecule has 0 aromatic heterocycles. The van der Waals surface area contributed by atoms with E-state index < -0.39 is 23.7 Å². The van der Waals surface area contributed by atoms with Gasteiger partial charge >= 0.3 is 0 Å². The predicted octanol–water partition coefficient (Wildman–Crippen LogP) is 2.94. The molecule has 1 atom stereocenters. The van der Waals surface area contributed by atoms with Gasteiger partial charge in [0.25, 0.3) is 0 Å². The summed E-state index contributed by atoms with van der Waals surface area (Å²) in [6.45, 7) is 1.43. The second kappa shape index (κ2) is 3.87. The summed E-state index contributed by atoms with van der Waals surface area (Å²) in [5.41, 5.74) is -1.30. The van der Waals surface area contributed by atoms with E-state index in [9.17, 15) is 5.11 Å². The van der Waals surface area contributed by atoms with E-state index >= 15 is 0 Å². The first-order valence-electron chi connectivity index (χ1n) is 7.13. The zero-order valence-electron chi connectivity index (χ0n) is 13.3. The van der Waals surface area contributed by atoms with Crippen LogP contribution in [0.5, 0.6) is 0 Å². The van der Waals surface area contributed by atoms with Crippen LogP contribution in [0.3, 0.4) is 0 Å². The van der Waals surface area contributed by atoms with Gasteiger partial charge in [-0.25, -0.2) is 0 Å².